The van der Waals surface area contributed by atoms with Crippen LogP contribution in [0.1, 0.15) is 125 Å². The molecule has 0 aliphatic carbocycles. The number of phenolic OH excluding ortho intramolecular Hbond substituents is 1. The quantitative estimate of drug-likeness (QED) is 0.00906. The Morgan fingerprint density at radius 3 is 2.18 bits per heavy atom. The fourth-order valence-electron chi connectivity index (χ4n) is 14.6. The molecule has 8 amide bonds. The Bertz CT molecular complexity index is 4540. The number of aliphatic hydroxyl groups excluding tert-OH is 3. The number of fused-ring (bicyclic) bond motifs is 2. The summed E-state index contributed by atoms with van der Waals surface area (Å²) in [5.74, 6) is -9.99. The van der Waals surface area contributed by atoms with Gasteiger partial charge in [0.15, 0.2) is 22.4 Å². The number of aromatic hydroxyl groups is 1. The number of esters is 1. The third-order valence-corrected chi connectivity index (χ3v) is 21.1. The van der Waals surface area contributed by atoms with Crippen molar-refractivity contribution in [2.75, 3.05) is 62.9 Å². The first-order chi connectivity index (χ1) is 50.5. The van der Waals surface area contributed by atoms with E-state index in [2.05, 4.69) is 40.7 Å². The van der Waals surface area contributed by atoms with E-state index < -0.39 is 124 Å². The molecule has 29 nitrogen and oxygen atoms in total. The molecular formula is C78H101N10O19+. The first kappa shape index (κ1) is 80.9. The Labute approximate surface area is 619 Å². The number of quaternary nitrogens is 1. The van der Waals surface area contributed by atoms with Crippen LogP contribution in [0.4, 0.5) is 21.9 Å². The second-order valence-electron chi connectivity index (χ2n) is 29.6. The zero-order valence-corrected chi connectivity index (χ0v) is 62.9. The number of anilines is 3. The number of carbonyl (C=O) groups is 8. The SMILES string of the molecule is CO[C@H]1/C=C/O[C@@]2(C)Oc3c(C)c(O)c4c(=O)c(c5oc6cc(N7CCC([N+](C)(C)Cc8ccc(NC(=O)[C@H](CCCNC(N)=O)NC(=O)[C@@H](NC(=O)CCCCCN9C(=O)C=CC9=O)C(C)C)cc8)CC7)cc(=O)c6nc5c4c3=C2O)NC(=O)/C(C)=C\C=C\[C@H](C)[C@H](O)[C@@H](C)[C@@H](O)[C@@H](C)[C@H](OC(C)=O)[C@@H]1C. The van der Waals surface area contributed by atoms with E-state index in [1.54, 1.807) is 71.9 Å². The van der Waals surface area contributed by atoms with Crippen molar-refractivity contribution in [2.45, 2.75) is 175 Å². The number of benzene rings is 4. The van der Waals surface area contributed by atoms with Gasteiger partial charge in [-0.15, -0.1) is 0 Å². The van der Waals surface area contributed by atoms with Gasteiger partial charge in [0.1, 0.15) is 47.4 Å². The number of urea groups is 1. The number of nitrogens with two attached hydrogens (primary N) is 1. The van der Waals surface area contributed by atoms with E-state index in [1.165, 1.54) is 71.4 Å². The topological polar surface area (TPSA) is 407 Å². The largest absolute Gasteiger partial charge is 0.507 e. The summed E-state index contributed by atoms with van der Waals surface area (Å²) in [5, 5.41) is 60.9. The van der Waals surface area contributed by atoms with Gasteiger partial charge in [-0.1, -0.05) is 78.3 Å². The van der Waals surface area contributed by atoms with Crippen LogP contribution in [0, 0.1) is 36.5 Å². The molecule has 11 N–H and O–H groups in total. The third kappa shape index (κ3) is 18.3. The molecule has 576 valence electrons. The summed E-state index contributed by atoms with van der Waals surface area (Å²) in [7, 11) is 5.68. The number of aromatic nitrogens is 1. The second-order valence-corrected chi connectivity index (χ2v) is 29.6. The average Bonchev–Trinajstić information content (AvgIpc) is 1.54. The summed E-state index contributed by atoms with van der Waals surface area (Å²) in [4.78, 5) is 141. The number of aliphatic hydroxyl groups is 3. The van der Waals surface area contributed by atoms with Crippen LogP contribution in [0.15, 0.2) is 98.7 Å². The van der Waals surface area contributed by atoms with Gasteiger partial charge in [-0.2, -0.15) is 0 Å². The first-order valence-electron chi connectivity index (χ1n) is 36.3. The van der Waals surface area contributed by atoms with E-state index in [-0.39, 0.29) is 117 Å². The Hall–Kier alpha value is -10.2. The molecule has 4 aromatic carbocycles. The summed E-state index contributed by atoms with van der Waals surface area (Å²) >= 11 is 0. The Morgan fingerprint density at radius 1 is 0.850 bits per heavy atom. The summed E-state index contributed by atoms with van der Waals surface area (Å²) in [5.41, 5.74) is 4.67. The number of methoxy groups -OCH3 is 1. The highest BCUT2D eigenvalue weighted by Crippen LogP contribution is 2.43. The van der Waals surface area contributed by atoms with Gasteiger partial charge in [0, 0.05) is 148 Å². The van der Waals surface area contributed by atoms with Crippen molar-refractivity contribution in [3.63, 3.8) is 0 Å². The molecule has 11 atom stereocenters. The standard InChI is InChI=1S/C78H100N10O19/c1-40(2)62(83-56(91)22-15-14-16-33-87-57(92)27-28-58(87)93)76(101)82-52(21-18-32-80-77(79)102)75(100)81-49-25-23-48(24-26-49)39-88(11,12)51-29-34-86(35-30-51)50-37-53(90)63-55(38-50)106-72-64(84-63)59-60-68(96)46(8)71-61(59)73(98)78(10,107-71)104-36-31-54(103-13)43(5)70(105-47(9)89)45(7)67(95)44(6)66(94)41(3)19-17-20-42(4)74(99)85-65(72)69(60)97/h17,19-20,23-28,31,36-38,40-41,43-45,51-52,54,62,66-67,70,94-95H,14-16,18,21-22,29-30,32-35,39H2,1-13H3,(H8-,79,80,81,82,83,84,85,90,91,92,93,96,97,98,99,100,101,102)/p+1/b19-17+,36-31+,42-20-/t41-,43+,44+,45+,52-,54-,62-,66-,67+,70+,78-/m0/s1. The van der Waals surface area contributed by atoms with Crippen molar-refractivity contribution in [3.8, 4) is 11.5 Å². The van der Waals surface area contributed by atoms with E-state index in [0.717, 1.165) is 10.5 Å². The number of amides is 8. The number of nitrogens with one attached hydrogen (secondary N) is 5. The highest BCUT2D eigenvalue weighted by Gasteiger charge is 2.45. The van der Waals surface area contributed by atoms with Gasteiger partial charge in [-0.25, -0.2) is 9.78 Å². The maximum absolute atomic E-state index is 15.2. The number of carbonyl (C=O) groups excluding carboxylic acids is 8. The lowest BCUT2D eigenvalue weighted by atomic mass is 9.78. The lowest BCUT2D eigenvalue weighted by Crippen LogP contribution is -2.54. The van der Waals surface area contributed by atoms with E-state index in [1.807, 2.05) is 17.0 Å². The van der Waals surface area contributed by atoms with Crippen molar-refractivity contribution in [2.24, 2.45) is 35.3 Å². The van der Waals surface area contributed by atoms with Crippen LogP contribution in [-0.4, -0.2) is 178 Å². The number of hydrogen-bond acceptors (Lipinski definition) is 21. The van der Waals surface area contributed by atoms with Crippen LogP contribution in [0.5, 0.6) is 11.5 Å². The number of ether oxygens (including phenoxy) is 4. The normalized spacial score (nSPS) is 24.2. The zero-order chi connectivity index (χ0) is 78.3. The molecule has 1 fully saturated rings. The molecule has 29 heteroatoms. The van der Waals surface area contributed by atoms with E-state index >= 15 is 4.79 Å². The van der Waals surface area contributed by atoms with Gasteiger partial charge in [-0.05, 0) is 63.7 Å². The minimum absolute atomic E-state index is 0.0102. The van der Waals surface area contributed by atoms with Crippen LogP contribution < -0.4 is 58.0 Å². The Morgan fingerprint density at radius 2 is 1.53 bits per heavy atom. The highest BCUT2D eigenvalue weighted by molar-refractivity contribution is 6.17. The molecule has 1 saturated heterocycles. The molecule has 0 saturated carbocycles. The number of phenols is 1. The van der Waals surface area contributed by atoms with Gasteiger partial charge in [0.05, 0.1) is 55.3 Å². The van der Waals surface area contributed by atoms with Crippen LogP contribution in [0.3, 0.4) is 0 Å². The number of primary amides is 1. The van der Waals surface area contributed by atoms with Gasteiger partial charge in [0.25, 0.3) is 17.7 Å². The number of imide groups is 1. The van der Waals surface area contributed by atoms with Crippen molar-refractivity contribution in [1.29, 1.82) is 0 Å². The monoisotopic (exact) mass is 1480 g/mol. The third-order valence-electron chi connectivity index (χ3n) is 21.1. The van der Waals surface area contributed by atoms with Crippen LogP contribution in [-0.2, 0) is 54.3 Å². The second kappa shape index (κ2) is 34.1. The maximum Gasteiger partial charge on any atom is 0.312 e. The minimum Gasteiger partial charge on any atom is -0.507 e. The molecular weight excluding hydrogens is 1380 g/mol. The van der Waals surface area contributed by atoms with Crippen LogP contribution in [0.25, 0.3) is 38.7 Å². The summed E-state index contributed by atoms with van der Waals surface area (Å²) < 4.78 is 31.5. The maximum atomic E-state index is 15.2. The summed E-state index contributed by atoms with van der Waals surface area (Å²) in [6.07, 6.45) is 9.10. The number of piperidine rings is 1. The number of unbranched alkanes of at least 4 members (excludes halogenated alkanes) is 2. The lowest BCUT2D eigenvalue weighted by molar-refractivity contribution is -0.928. The molecule has 0 unspecified atom stereocenters. The van der Waals surface area contributed by atoms with Crippen molar-refractivity contribution < 1.29 is 86.6 Å². The molecule has 5 aromatic rings. The fourth-order valence-corrected chi connectivity index (χ4v) is 14.6. The lowest BCUT2D eigenvalue weighted by Gasteiger charge is -2.43. The number of hydrogen-bond donors (Lipinski definition) is 10. The summed E-state index contributed by atoms with van der Waals surface area (Å²) in [6.45, 7) is 18.0. The van der Waals surface area contributed by atoms with E-state index in [4.69, 9.17) is 34.1 Å². The summed E-state index contributed by atoms with van der Waals surface area (Å²) in [6, 6.07) is 7.78. The van der Waals surface area contributed by atoms with E-state index in [0.29, 0.717) is 67.6 Å². The van der Waals surface area contributed by atoms with Gasteiger partial charge < -0.3 is 85.5 Å². The van der Waals surface area contributed by atoms with Gasteiger partial charge in [-0.3, -0.25) is 48.1 Å². The molecule has 4 bridgehead atoms. The van der Waals surface area contributed by atoms with Crippen LogP contribution >= 0.6 is 0 Å². The smallest absolute Gasteiger partial charge is 0.312 e. The van der Waals surface area contributed by atoms with E-state index in [9.17, 15) is 63.6 Å². The Kier molecular flexibility index (Phi) is 25.8. The van der Waals surface area contributed by atoms with Gasteiger partial charge in [0.2, 0.25) is 28.6 Å². The predicted octanol–water partition coefficient (Wildman–Crippen LogP) is 6.30. The number of rotatable bonds is 22. The fraction of sp³-hybridized carbons (Fsp3) is 0.500. The molecule has 4 aliphatic rings. The molecule has 0 radical (unpaired) electrons. The molecule has 1 aromatic heterocycles. The molecule has 4 aliphatic heterocycles. The number of allylic oxidation sites excluding steroid dienone is 2. The molecule has 107 heavy (non-hydrogen) atoms. The minimum atomic E-state index is -2.05. The average molecular weight is 1480 g/mol. The molecule has 9 rings (SSSR count). The zero-order valence-electron chi connectivity index (χ0n) is 62.9. The van der Waals surface area contributed by atoms with Crippen molar-refractivity contribution >= 4 is 103 Å². The molecule has 5 heterocycles. The van der Waals surface area contributed by atoms with Crippen LogP contribution in [0.2, 0.25) is 0 Å². The predicted molar refractivity (Wildman–Crippen MR) is 401 cm³/mol. The van der Waals surface area contributed by atoms with Crippen molar-refractivity contribution in [1.82, 2.24) is 25.8 Å². The Balaban J connectivity index is 0.942. The number of nitrogens with zero attached hydrogens (tertiary/aromatic N) is 4. The molecule has 0 spiro atoms. The van der Waals surface area contributed by atoms with Crippen molar-refractivity contribution in [3.05, 3.63) is 121 Å². The van der Waals surface area contributed by atoms with Gasteiger partial charge >= 0.3 is 17.8 Å². The highest BCUT2D eigenvalue weighted by atomic mass is 16.7. The first-order valence-corrected chi connectivity index (χ1v) is 36.3.